The van der Waals surface area contributed by atoms with Gasteiger partial charge in [0, 0.05) is 28.1 Å². The Labute approximate surface area is 215 Å². The molecule has 0 saturated heterocycles. The summed E-state index contributed by atoms with van der Waals surface area (Å²) in [6.45, 7) is 16.3. The molecule has 2 nitrogen and oxygen atoms in total. The minimum atomic E-state index is -0.172. The summed E-state index contributed by atoms with van der Waals surface area (Å²) in [6, 6.07) is 19.6. The van der Waals surface area contributed by atoms with Crippen molar-refractivity contribution in [2.24, 2.45) is 11.8 Å². The van der Waals surface area contributed by atoms with Crippen LogP contribution in [0.1, 0.15) is 68.6 Å². The average molecular weight is 476 g/mol. The number of allylic oxidation sites excluding steroid dienone is 2. The number of benzene rings is 2. The summed E-state index contributed by atoms with van der Waals surface area (Å²) < 4.78 is 6.68. The maximum atomic E-state index is 6.68. The van der Waals surface area contributed by atoms with Crippen LogP contribution in [0.2, 0.25) is 0 Å². The van der Waals surface area contributed by atoms with E-state index in [0.29, 0.717) is 11.8 Å². The lowest BCUT2D eigenvalue weighted by molar-refractivity contribution is 0.351. The Morgan fingerprint density at radius 1 is 0.944 bits per heavy atom. The zero-order chi connectivity index (χ0) is 25.4. The largest absolute Gasteiger partial charge is 0.455 e. The first-order chi connectivity index (χ1) is 17.3. The molecule has 2 heterocycles. The monoisotopic (exact) mass is 475 g/mol. The van der Waals surface area contributed by atoms with Crippen LogP contribution in [0, 0.1) is 18.8 Å². The van der Waals surface area contributed by atoms with Gasteiger partial charge in [0.05, 0.1) is 5.69 Å². The van der Waals surface area contributed by atoms with Crippen LogP contribution in [0.15, 0.2) is 77.9 Å². The third kappa shape index (κ3) is 4.23. The van der Waals surface area contributed by atoms with E-state index in [2.05, 4.69) is 101 Å². The fourth-order valence-corrected chi connectivity index (χ4v) is 6.20. The smallest absolute Gasteiger partial charge is 0.144 e. The number of pyridine rings is 1. The lowest BCUT2D eigenvalue weighted by Gasteiger charge is -2.41. The maximum Gasteiger partial charge on any atom is 0.144 e. The predicted octanol–water partition coefficient (Wildman–Crippen LogP) is 9.42. The maximum absolute atomic E-state index is 6.68. The van der Waals surface area contributed by atoms with Crippen molar-refractivity contribution >= 4 is 22.6 Å². The van der Waals surface area contributed by atoms with Gasteiger partial charge in [0.15, 0.2) is 0 Å². The van der Waals surface area contributed by atoms with Crippen molar-refractivity contribution < 1.29 is 4.42 Å². The molecule has 1 aliphatic rings. The van der Waals surface area contributed by atoms with Crippen molar-refractivity contribution in [3.63, 3.8) is 0 Å². The van der Waals surface area contributed by atoms with Crippen molar-refractivity contribution in [3.8, 4) is 11.3 Å². The van der Waals surface area contributed by atoms with Gasteiger partial charge >= 0.3 is 0 Å². The van der Waals surface area contributed by atoms with E-state index in [1.54, 1.807) is 0 Å². The Hall–Kier alpha value is -3.39. The van der Waals surface area contributed by atoms with E-state index in [-0.39, 0.29) is 5.41 Å². The molecule has 0 atom stereocenters. The lowest BCUT2D eigenvalue weighted by atomic mass is 9.62. The van der Waals surface area contributed by atoms with E-state index in [9.17, 15) is 0 Å². The second-order valence-corrected chi connectivity index (χ2v) is 11.3. The lowest BCUT2D eigenvalue weighted by Crippen LogP contribution is -2.32. The van der Waals surface area contributed by atoms with Gasteiger partial charge in [-0.3, -0.25) is 4.98 Å². The van der Waals surface area contributed by atoms with E-state index < -0.39 is 0 Å². The highest BCUT2D eigenvalue weighted by atomic mass is 16.3. The first-order valence-electron chi connectivity index (χ1n) is 13.2. The van der Waals surface area contributed by atoms with Crippen LogP contribution >= 0.6 is 0 Å². The minimum absolute atomic E-state index is 0.172. The Morgan fingerprint density at radius 2 is 1.69 bits per heavy atom. The molecule has 0 amide bonds. The molecule has 2 aromatic carbocycles. The number of hydrogen-bond acceptors (Lipinski definition) is 2. The molecule has 0 saturated carbocycles. The summed E-state index contributed by atoms with van der Waals surface area (Å²) in [5, 5.41) is 1.12. The first kappa shape index (κ1) is 24.3. The van der Waals surface area contributed by atoms with Gasteiger partial charge in [0.2, 0.25) is 0 Å². The Morgan fingerprint density at radius 3 is 2.39 bits per heavy atom. The van der Waals surface area contributed by atoms with Crippen LogP contribution in [0.25, 0.3) is 33.9 Å². The molecular weight excluding hydrogens is 438 g/mol. The van der Waals surface area contributed by atoms with Crippen molar-refractivity contribution in [2.75, 3.05) is 0 Å². The molecule has 1 aliphatic carbocycles. The quantitative estimate of drug-likeness (QED) is 0.287. The zero-order valence-corrected chi connectivity index (χ0v) is 22.3. The Bertz CT molecular complexity index is 1420. The molecule has 5 rings (SSSR count). The number of furan rings is 1. The topological polar surface area (TPSA) is 26.0 Å². The number of rotatable bonds is 5. The van der Waals surface area contributed by atoms with E-state index >= 15 is 0 Å². The zero-order valence-electron chi connectivity index (χ0n) is 22.3. The highest BCUT2D eigenvalue weighted by molar-refractivity contribution is 6.02. The molecule has 0 fully saturated rings. The fraction of sp³-hybridized carbons (Fsp3) is 0.324. The highest BCUT2D eigenvalue weighted by Gasteiger charge is 2.41. The molecule has 2 aromatic heterocycles. The normalized spacial score (nSPS) is 15.9. The number of para-hydroxylation sites is 1. The van der Waals surface area contributed by atoms with Gasteiger partial charge in [-0.1, -0.05) is 82.8 Å². The minimum Gasteiger partial charge on any atom is -0.455 e. The predicted molar refractivity (Wildman–Crippen MR) is 153 cm³/mol. The van der Waals surface area contributed by atoms with Crippen LogP contribution < -0.4 is 0 Å². The van der Waals surface area contributed by atoms with Crippen LogP contribution in [-0.4, -0.2) is 4.98 Å². The highest BCUT2D eigenvalue weighted by Crippen LogP contribution is 2.52. The van der Waals surface area contributed by atoms with Gasteiger partial charge < -0.3 is 4.42 Å². The summed E-state index contributed by atoms with van der Waals surface area (Å²) in [7, 11) is 0. The van der Waals surface area contributed by atoms with Gasteiger partial charge in [-0.2, -0.15) is 0 Å². The first-order valence-corrected chi connectivity index (χ1v) is 13.2. The molecular formula is C34H37NO. The van der Waals surface area contributed by atoms with Crippen molar-refractivity contribution in [1.29, 1.82) is 0 Å². The molecule has 0 aliphatic heterocycles. The fourth-order valence-electron chi connectivity index (χ4n) is 6.20. The second kappa shape index (κ2) is 9.58. The Kier molecular flexibility index (Phi) is 6.47. The number of aryl methyl sites for hydroxylation is 1. The third-order valence-corrected chi connectivity index (χ3v) is 7.46. The average Bonchev–Trinajstić information content (AvgIpc) is 3.22. The van der Waals surface area contributed by atoms with Gasteiger partial charge in [0.1, 0.15) is 11.3 Å². The SMILES string of the molecule is C=C1c2c(oc3c(-c4ccc(C)cn4)cccc23)/C=C\Cc2ccccc2C1(CC(C)C)CC(C)C. The Balaban J connectivity index is 1.81. The molecule has 4 aromatic rings. The number of aromatic nitrogens is 1. The summed E-state index contributed by atoms with van der Waals surface area (Å²) in [5.74, 6) is 1.95. The van der Waals surface area contributed by atoms with Gasteiger partial charge in [-0.05, 0) is 78.5 Å². The van der Waals surface area contributed by atoms with E-state index in [0.717, 1.165) is 58.4 Å². The summed E-state index contributed by atoms with van der Waals surface area (Å²) in [4.78, 5) is 4.71. The second-order valence-electron chi connectivity index (χ2n) is 11.3. The molecule has 184 valence electrons. The summed E-state index contributed by atoms with van der Waals surface area (Å²) in [6.07, 6.45) is 9.30. The summed E-state index contributed by atoms with van der Waals surface area (Å²) >= 11 is 0. The standard InChI is InChI=1S/C34H37NO/c1-22(2)19-34(20-23(3)4)25(6)32-28-14-10-13-27(30-18-17-24(5)21-35-30)33(28)36-31(32)16-9-12-26-11-7-8-15-29(26)34/h7-11,13-18,21-23H,6,12,19-20H2,1-5H3/b16-9-. The number of fused-ring (bicyclic) bond motifs is 4. The molecule has 2 heteroatoms. The van der Waals surface area contributed by atoms with Gasteiger partial charge in [-0.15, -0.1) is 0 Å². The van der Waals surface area contributed by atoms with Gasteiger partial charge in [-0.25, -0.2) is 0 Å². The van der Waals surface area contributed by atoms with Gasteiger partial charge in [0.25, 0.3) is 0 Å². The molecule has 0 unspecified atom stereocenters. The van der Waals surface area contributed by atoms with Crippen molar-refractivity contribution in [2.45, 2.75) is 59.3 Å². The van der Waals surface area contributed by atoms with Crippen molar-refractivity contribution in [1.82, 2.24) is 4.98 Å². The molecule has 0 spiro atoms. The molecule has 0 N–H and O–H groups in total. The van der Waals surface area contributed by atoms with E-state index in [4.69, 9.17) is 16.0 Å². The molecule has 0 radical (unpaired) electrons. The van der Waals surface area contributed by atoms with Crippen LogP contribution in [0.4, 0.5) is 0 Å². The number of hydrogen-bond donors (Lipinski definition) is 0. The van der Waals surface area contributed by atoms with Crippen molar-refractivity contribution in [3.05, 3.63) is 101 Å². The molecule has 36 heavy (non-hydrogen) atoms. The van der Waals surface area contributed by atoms with E-state index in [1.807, 2.05) is 6.20 Å². The van der Waals surface area contributed by atoms with E-state index in [1.165, 1.54) is 16.7 Å². The van der Waals surface area contributed by atoms with Crippen LogP contribution in [0.3, 0.4) is 0 Å². The molecule has 0 bridgehead atoms. The third-order valence-electron chi connectivity index (χ3n) is 7.46. The van der Waals surface area contributed by atoms with Crippen LogP contribution in [-0.2, 0) is 11.8 Å². The van der Waals surface area contributed by atoms with Crippen LogP contribution in [0.5, 0.6) is 0 Å². The summed E-state index contributed by atoms with van der Waals surface area (Å²) in [5.41, 5.74) is 8.94. The number of nitrogens with zero attached hydrogens (tertiary/aromatic N) is 1.